The van der Waals surface area contributed by atoms with Crippen molar-refractivity contribution in [2.75, 3.05) is 0 Å². The zero-order valence-corrected chi connectivity index (χ0v) is 5.67. The first-order valence-corrected chi connectivity index (χ1v) is 3.38. The minimum absolute atomic E-state index is 0.501. The highest BCUT2D eigenvalue weighted by Gasteiger charge is 2.29. The van der Waals surface area contributed by atoms with Crippen molar-refractivity contribution < 1.29 is 0 Å². The van der Waals surface area contributed by atoms with Gasteiger partial charge in [-0.15, -0.1) is 0 Å². The molecule has 2 rings (SSSR count). The number of allylic oxidation sites excluding steroid dienone is 1. The number of hydrogen-bond donors (Lipinski definition) is 0. The molecule has 0 heteroatoms. The van der Waals surface area contributed by atoms with Crippen molar-refractivity contribution in [3.63, 3.8) is 0 Å². The maximum absolute atomic E-state index is 3.85. The molecule has 0 aromatic heterocycles. The Morgan fingerprint density at radius 2 is 2.20 bits per heavy atom. The topological polar surface area (TPSA) is 0 Å². The van der Waals surface area contributed by atoms with Crippen molar-refractivity contribution in [1.82, 2.24) is 0 Å². The molecule has 10 heavy (non-hydrogen) atoms. The Balaban J connectivity index is 2.28. The quantitative estimate of drug-likeness (QED) is 0.544. The fraction of sp³-hybridized carbons (Fsp3) is 0.100. The third-order valence-electron chi connectivity index (χ3n) is 1.74. The molecule has 2 radical (unpaired) electrons. The minimum atomic E-state index is 0.501. The molecule has 1 atom stereocenters. The monoisotopic (exact) mass is 128 g/mol. The molecule has 48 valence electrons. The van der Waals surface area contributed by atoms with Gasteiger partial charge >= 0.3 is 0 Å². The second kappa shape index (κ2) is 1.98. The van der Waals surface area contributed by atoms with E-state index in [-0.39, 0.29) is 0 Å². The van der Waals surface area contributed by atoms with Crippen LogP contribution in [-0.2, 0) is 0 Å². The Hall–Kier alpha value is -1.04. The molecule has 1 unspecified atom stereocenters. The van der Waals surface area contributed by atoms with Gasteiger partial charge in [0.25, 0.3) is 0 Å². The van der Waals surface area contributed by atoms with Gasteiger partial charge in [-0.3, -0.25) is 0 Å². The SMILES string of the molecule is C=C1[CH]C1c1[c]cccc1. The lowest BCUT2D eigenvalue weighted by molar-refractivity contribution is 1.23. The summed E-state index contributed by atoms with van der Waals surface area (Å²) >= 11 is 0. The molecule has 1 aromatic carbocycles. The lowest BCUT2D eigenvalue weighted by Gasteiger charge is -1.91. The molecule has 0 amide bonds. The van der Waals surface area contributed by atoms with E-state index in [9.17, 15) is 0 Å². The zero-order chi connectivity index (χ0) is 6.97. The molecule has 1 aromatic rings. The third kappa shape index (κ3) is 0.860. The van der Waals surface area contributed by atoms with E-state index in [1.54, 1.807) is 0 Å². The van der Waals surface area contributed by atoms with Gasteiger partial charge in [-0.2, -0.15) is 0 Å². The van der Waals surface area contributed by atoms with E-state index >= 15 is 0 Å². The average molecular weight is 128 g/mol. The molecule has 0 saturated heterocycles. The highest BCUT2D eigenvalue weighted by molar-refractivity contribution is 5.49. The summed E-state index contributed by atoms with van der Waals surface area (Å²) in [5.41, 5.74) is 2.47. The van der Waals surface area contributed by atoms with Crippen LogP contribution in [0.25, 0.3) is 0 Å². The molecule has 0 N–H and O–H groups in total. The van der Waals surface area contributed by atoms with Gasteiger partial charge in [-0.1, -0.05) is 36.4 Å². The Bertz CT molecular complexity index is 246. The molecule has 0 nitrogen and oxygen atoms in total. The summed E-state index contributed by atoms with van der Waals surface area (Å²) in [6.45, 7) is 3.85. The summed E-state index contributed by atoms with van der Waals surface area (Å²) in [5.74, 6) is 0.501. The minimum Gasteiger partial charge on any atom is -0.0989 e. The van der Waals surface area contributed by atoms with Crippen molar-refractivity contribution in [3.8, 4) is 0 Å². The summed E-state index contributed by atoms with van der Waals surface area (Å²) in [6, 6.07) is 11.2. The Morgan fingerprint density at radius 3 is 2.70 bits per heavy atom. The Labute approximate surface area is 61.2 Å². The average Bonchev–Trinajstić information content (AvgIpc) is 2.69. The zero-order valence-electron chi connectivity index (χ0n) is 5.67. The van der Waals surface area contributed by atoms with Gasteiger partial charge in [0.2, 0.25) is 0 Å². The predicted molar refractivity (Wildman–Crippen MR) is 41.5 cm³/mol. The predicted octanol–water partition coefficient (Wildman–Crippen LogP) is 2.34. The summed E-state index contributed by atoms with van der Waals surface area (Å²) in [6.07, 6.45) is 2.14. The molecular weight excluding hydrogens is 120 g/mol. The van der Waals surface area contributed by atoms with E-state index in [0.29, 0.717) is 5.92 Å². The van der Waals surface area contributed by atoms with E-state index in [0.717, 1.165) is 0 Å². The van der Waals surface area contributed by atoms with Crippen molar-refractivity contribution in [1.29, 1.82) is 0 Å². The summed E-state index contributed by atoms with van der Waals surface area (Å²) < 4.78 is 0. The van der Waals surface area contributed by atoms with Crippen LogP contribution >= 0.6 is 0 Å². The molecule has 0 bridgehead atoms. The van der Waals surface area contributed by atoms with Crippen LogP contribution in [0.4, 0.5) is 0 Å². The van der Waals surface area contributed by atoms with Crippen LogP contribution < -0.4 is 0 Å². The standard InChI is InChI=1S/C10H8/c1-8-7-10(8)9-5-3-2-4-6-9/h2-5,7,10H,1H2. The van der Waals surface area contributed by atoms with Crippen molar-refractivity contribution in [2.24, 2.45) is 0 Å². The molecule has 1 fully saturated rings. The smallest absolute Gasteiger partial charge is 0.0127 e. The van der Waals surface area contributed by atoms with Crippen molar-refractivity contribution in [2.45, 2.75) is 5.92 Å². The maximum atomic E-state index is 3.85. The number of benzene rings is 1. The second-order valence-electron chi connectivity index (χ2n) is 2.54. The number of hydrogen-bond acceptors (Lipinski definition) is 0. The fourth-order valence-electron chi connectivity index (χ4n) is 1.06. The fourth-order valence-corrected chi connectivity index (χ4v) is 1.06. The molecule has 0 spiro atoms. The molecule has 1 aliphatic carbocycles. The van der Waals surface area contributed by atoms with E-state index in [1.165, 1.54) is 11.1 Å². The first-order valence-electron chi connectivity index (χ1n) is 3.38. The van der Waals surface area contributed by atoms with Gasteiger partial charge < -0.3 is 0 Å². The third-order valence-corrected chi connectivity index (χ3v) is 1.74. The van der Waals surface area contributed by atoms with Crippen LogP contribution in [0.5, 0.6) is 0 Å². The maximum Gasteiger partial charge on any atom is 0.0127 e. The Morgan fingerprint density at radius 1 is 1.40 bits per heavy atom. The first-order chi connectivity index (χ1) is 4.88. The van der Waals surface area contributed by atoms with Crippen LogP contribution in [0, 0.1) is 12.5 Å². The first kappa shape index (κ1) is 5.72. The van der Waals surface area contributed by atoms with E-state index in [2.05, 4.69) is 25.1 Å². The molecule has 0 aliphatic heterocycles. The van der Waals surface area contributed by atoms with Crippen LogP contribution in [0.2, 0.25) is 0 Å². The number of rotatable bonds is 1. The van der Waals surface area contributed by atoms with Crippen LogP contribution in [0.1, 0.15) is 11.5 Å². The summed E-state index contributed by atoms with van der Waals surface area (Å²) in [7, 11) is 0. The van der Waals surface area contributed by atoms with Crippen LogP contribution in [0.15, 0.2) is 36.4 Å². The van der Waals surface area contributed by atoms with Crippen LogP contribution in [0.3, 0.4) is 0 Å². The highest BCUT2D eigenvalue weighted by Crippen LogP contribution is 2.43. The molecule has 1 aliphatic rings. The summed E-state index contributed by atoms with van der Waals surface area (Å²) in [4.78, 5) is 0. The highest BCUT2D eigenvalue weighted by atomic mass is 14.3. The van der Waals surface area contributed by atoms with Gasteiger partial charge in [-0.25, -0.2) is 0 Å². The Kier molecular flexibility index (Phi) is 1.13. The largest absolute Gasteiger partial charge is 0.0989 e. The van der Waals surface area contributed by atoms with E-state index in [1.807, 2.05) is 18.2 Å². The van der Waals surface area contributed by atoms with Gasteiger partial charge in [0, 0.05) is 5.92 Å². The van der Waals surface area contributed by atoms with Gasteiger partial charge in [0.15, 0.2) is 0 Å². The molecule has 0 heterocycles. The van der Waals surface area contributed by atoms with Crippen molar-refractivity contribution in [3.05, 3.63) is 54.5 Å². The van der Waals surface area contributed by atoms with Gasteiger partial charge in [-0.05, 0) is 18.1 Å². The molecular formula is C10H8. The molecule has 1 saturated carbocycles. The summed E-state index contributed by atoms with van der Waals surface area (Å²) in [5, 5.41) is 0. The van der Waals surface area contributed by atoms with Crippen molar-refractivity contribution >= 4 is 0 Å². The second-order valence-corrected chi connectivity index (χ2v) is 2.54. The van der Waals surface area contributed by atoms with E-state index < -0.39 is 0 Å². The van der Waals surface area contributed by atoms with Gasteiger partial charge in [0.1, 0.15) is 0 Å². The normalized spacial score (nSPS) is 22.8. The van der Waals surface area contributed by atoms with Crippen LogP contribution in [-0.4, -0.2) is 0 Å². The lowest BCUT2D eigenvalue weighted by Crippen LogP contribution is -1.75. The van der Waals surface area contributed by atoms with E-state index in [4.69, 9.17) is 0 Å². The van der Waals surface area contributed by atoms with Gasteiger partial charge in [0.05, 0.1) is 0 Å². The lowest BCUT2D eigenvalue weighted by atomic mass is 10.1.